The SMILES string of the molecule is C[C@@H](CC(=O)c1ccccc1)NC(=O)CN(C)C. The Morgan fingerprint density at radius 3 is 2.39 bits per heavy atom. The van der Waals surface area contributed by atoms with Crippen molar-refractivity contribution in [2.45, 2.75) is 19.4 Å². The fourth-order valence-electron chi connectivity index (χ4n) is 1.68. The summed E-state index contributed by atoms with van der Waals surface area (Å²) < 4.78 is 0. The van der Waals surface area contributed by atoms with E-state index in [1.54, 1.807) is 17.0 Å². The summed E-state index contributed by atoms with van der Waals surface area (Å²) in [5.41, 5.74) is 0.686. The molecule has 0 saturated carbocycles. The summed E-state index contributed by atoms with van der Waals surface area (Å²) in [4.78, 5) is 25.2. The van der Waals surface area contributed by atoms with Crippen LogP contribution in [-0.4, -0.2) is 43.3 Å². The van der Waals surface area contributed by atoms with E-state index in [4.69, 9.17) is 0 Å². The third-order valence-corrected chi connectivity index (χ3v) is 2.45. The lowest BCUT2D eigenvalue weighted by molar-refractivity contribution is -0.122. The predicted molar refractivity (Wildman–Crippen MR) is 71.5 cm³/mol. The van der Waals surface area contributed by atoms with Crippen molar-refractivity contribution in [3.8, 4) is 0 Å². The predicted octanol–water partition coefficient (Wildman–Crippen LogP) is 1.33. The number of hydrogen-bond acceptors (Lipinski definition) is 3. The number of amides is 1. The second kappa shape index (κ2) is 6.91. The number of carbonyl (C=O) groups is 2. The van der Waals surface area contributed by atoms with Gasteiger partial charge in [0.05, 0.1) is 6.54 Å². The molecule has 0 saturated heterocycles. The second-order valence-corrected chi connectivity index (χ2v) is 4.70. The number of nitrogens with zero attached hydrogens (tertiary/aromatic N) is 1. The van der Waals surface area contributed by atoms with Crippen molar-refractivity contribution in [2.75, 3.05) is 20.6 Å². The van der Waals surface area contributed by atoms with E-state index >= 15 is 0 Å². The summed E-state index contributed by atoms with van der Waals surface area (Å²) >= 11 is 0. The number of benzene rings is 1. The maximum Gasteiger partial charge on any atom is 0.234 e. The zero-order chi connectivity index (χ0) is 13.5. The van der Waals surface area contributed by atoms with Crippen LogP contribution < -0.4 is 5.32 Å². The van der Waals surface area contributed by atoms with Crippen LogP contribution >= 0.6 is 0 Å². The van der Waals surface area contributed by atoms with Gasteiger partial charge in [-0.15, -0.1) is 0 Å². The lowest BCUT2D eigenvalue weighted by atomic mass is 10.0. The van der Waals surface area contributed by atoms with Crippen LogP contribution in [0, 0.1) is 0 Å². The Morgan fingerprint density at radius 1 is 1.22 bits per heavy atom. The molecule has 1 aromatic carbocycles. The highest BCUT2D eigenvalue weighted by atomic mass is 16.2. The molecule has 0 aliphatic rings. The minimum absolute atomic E-state index is 0.0493. The van der Waals surface area contributed by atoms with E-state index < -0.39 is 0 Å². The van der Waals surface area contributed by atoms with Crippen LogP contribution in [0.5, 0.6) is 0 Å². The van der Waals surface area contributed by atoms with Gasteiger partial charge in [0, 0.05) is 18.0 Å². The van der Waals surface area contributed by atoms with Crippen molar-refractivity contribution in [1.29, 1.82) is 0 Å². The zero-order valence-corrected chi connectivity index (χ0v) is 11.1. The van der Waals surface area contributed by atoms with Crippen molar-refractivity contribution in [3.63, 3.8) is 0 Å². The molecule has 1 rings (SSSR count). The van der Waals surface area contributed by atoms with Gasteiger partial charge in [0.25, 0.3) is 0 Å². The molecule has 1 aromatic rings. The first kappa shape index (κ1) is 14.4. The number of rotatable bonds is 6. The highest BCUT2D eigenvalue weighted by molar-refractivity contribution is 5.96. The summed E-state index contributed by atoms with van der Waals surface area (Å²) in [5, 5.41) is 2.81. The molecule has 18 heavy (non-hydrogen) atoms. The maximum absolute atomic E-state index is 11.9. The van der Waals surface area contributed by atoms with Gasteiger partial charge in [-0.3, -0.25) is 9.59 Å². The minimum Gasteiger partial charge on any atom is -0.352 e. The molecule has 0 aromatic heterocycles. The Bertz CT molecular complexity index is 402. The molecule has 0 heterocycles. The van der Waals surface area contributed by atoms with Gasteiger partial charge in [0.2, 0.25) is 5.91 Å². The quantitative estimate of drug-likeness (QED) is 0.773. The minimum atomic E-state index is -0.148. The highest BCUT2D eigenvalue weighted by Crippen LogP contribution is 2.05. The van der Waals surface area contributed by atoms with E-state index in [1.165, 1.54) is 0 Å². The molecule has 0 aliphatic carbocycles. The van der Waals surface area contributed by atoms with Gasteiger partial charge < -0.3 is 10.2 Å². The number of ketones is 1. The van der Waals surface area contributed by atoms with Crippen LogP contribution in [0.15, 0.2) is 30.3 Å². The van der Waals surface area contributed by atoms with Gasteiger partial charge in [0.15, 0.2) is 5.78 Å². The Kier molecular flexibility index (Phi) is 5.52. The first-order chi connectivity index (χ1) is 8.49. The molecular weight excluding hydrogens is 228 g/mol. The van der Waals surface area contributed by atoms with Gasteiger partial charge >= 0.3 is 0 Å². The van der Waals surface area contributed by atoms with Crippen LogP contribution in [-0.2, 0) is 4.79 Å². The Balaban J connectivity index is 2.43. The molecular formula is C14H20N2O2. The van der Waals surface area contributed by atoms with E-state index in [0.29, 0.717) is 18.5 Å². The molecule has 0 radical (unpaired) electrons. The van der Waals surface area contributed by atoms with Crippen molar-refractivity contribution >= 4 is 11.7 Å². The lowest BCUT2D eigenvalue weighted by Gasteiger charge is -2.15. The smallest absolute Gasteiger partial charge is 0.234 e. The Hall–Kier alpha value is -1.68. The van der Waals surface area contributed by atoms with Gasteiger partial charge in [0.1, 0.15) is 0 Å². The molecule has 4 nitrogen and oxygen atoms in total. The topological polar surface area (TPSA) is 49.4 Å². The number of carbonyl (C=O) groups excluding carboxylic acids is 2. The van der Waals surface area contributed by atoms with E-state index in [2.05, 4.69) is 5.32 Å². The van der Waals surface area contributed by atoms with E-state index in [9.17, 15) is 9.59 Å². The second-order valence-electron chi connectivity index (χ2n) is 4.70. The third-order valence-electron chi connectivity index (χ3n) is 2.45. The summed E-state index contributed by atoms with van der Waals surface area (Å²) in [7, 11) is 3.67. The van der Waals surface area contributed by atoms with Crippen LogP contribution in [0.25, 0.3) is 0 Å². The average Bonchev–Trinajstić information content (AvgIpc) is 2.28. The standard InChI is InChI=1S/C14H20N2O2/c1-11(15-14(18)10-16(2)3)9-13(17)12-7-5-4-6-8-12/h4-8,11H,9-10H2,1-3H3,(H,15,18)/t11-/m0/s1. The molecule has 1 atom stereocenters. The van der Waals surface area contributed by atoms with E-state index in [-0.39, 0.29) is 17.7 Å². The monoisotopic (exact) mass is 248 g/mol. The summed E-state index contributed by atoms with van der Waals surface area (Å²) in [6.07, 6.45) is 0.323. The van der Waals surface area contributed by atoms with Crippen LogP contribution in [0.3, 0.4) is 0 Å². The number of Topliss-reactive ketones (excluding diaryl/α,β-unsaturated/α-hetero) is 1. The number of hydrogen-bond donors (Lipinski definition) is 1. The Labute approximate surface area is 108 Å². The molecule has 98 valence electrons. The van der Waals surface area contributed by atoms with Gasteiger partial charge in [-0.05, 0) is 21.0 Å². The van der Waals surface area contributed by atoms with Crippen LogP contribution in [0.1, 0.15) is 23.7 Å². The average molecular weight is 248 g/mol. The summed E-state index contributed by atoms with van der Waals surface area (Å²) in [6.45, 7) is 2.18. The Morgan fingerprint density at radius 2 is 1.83 bits per heavy atom. The van der Waals surface area contributed by atoms with Crippen LogP contribution in [0.2, 0.25) is 0 Å². The third kappa shape index (κ3) is 5.10. The van der Waals surface area contributed by atoms with Crippen molar-refractivity contribution in [3.05, 3.63) is 35.9 Å². The van der Waals surface area contributed by atoms with Gasteiger partial charge in [-0.1, -0.05) is 30.3 Å². The van der Waals surface area contributed by atoms with Crippen molar-refractivity contribution in [2.24, 2.45) is 0 Å². The summed E-state index contributed by atoms with van der Waals surface area (Å²) in [5.74, 6) is -0.0124. The molecule has 1 N–H and O–H groups in total. The molecule has 0 spiro atoms. The van der Waals surface area contributed by atoms with Crippen LogP contribution in [0.4, 0.5) is 0 Å². The fraction of sp³-hybridized carbons (Fsp3) is 0.429. The van der Waals surface area contributed by atoms with E-state index in [1.807, 2.05) is 39.2 Å². The van der Waals surface area contributed by atoms with Gasteiger partial charge in [-0.25, -0.2) is 0 Å². The largest absolute Gasteiger partial charge is 0.352 e. The summed E-state index contributed by atoms with van der Waals surface area (Å²) in [6, 6.07) is 8.97. The highest BCUT2D eigenvalue weighted by Gasteiger charge is 2.13. The first-order valence-electron chi connectivity index (χ1n) is 6.01. The molecule has 0 bridgehead atoms. The van der Waals surface area contributed by atoms with E-state index in [0.717, 1.165) is 0 Å². The molecule has 0 fully saturated rings. The number of likely N-dealkylation sites (N-methyl/N-ethyl adjacent to an activating group) is 1. The number of nitrogens with one attached hydrogen (secondary N) is 1. The van der Waals surface area contributed by atoms with Crippen molar-refractivity contribution in [1.82, 2.24) is 10.2 Å². The normalized spacial score (nSPS) is 12.2. The molecule has 4 heteroatoms. The maximum atomic E-state index is 11.9. The van der Waals surface area contributed by atoms with Gasteiger partial charge in [-0.2, -0.15) is 0 Å². The zero-order valence-electron chi connectivity index (χ0n) is 11.1. The fourth-order valence-corrected chi connectivity index (χ4v) is 1.68. The van der Waals surface area contributed by atoms with Crippen molar-refractivity contribution < 1.29 is 9.59 Å². The molecule has 0 aliphatic heterocycles. The lowest BCUT2D eigenvalue weighted by Crippen LogP contribution is -2.39. The molecule has 1 amide bonds. The molecule has 0 unspecified atom stereocenters. The first-order valence-corrected chi connectivity index (χ1v) is 6.01.